The lowest BCUT2D eigenvalue weighted by Gasteiger charge is -2.20. The summed E-state index contributed by atoms with van der Waals surface area (Å²) in [4.78, 5) is 25.1. The lowest BCUT2D eigenvalue weighted by Crippen LogP contribution is -2.31. The maximum Gasteiger partial charge on any atom is 0.253 e. The molecule has 3 rings (SSSR count). The van der Waals surface area contributed by atoms with Crippen LogP contribution < -0.4 is 20.1 Å². The van der Waals surface area contributed by atoms with Gasteiger partial charge in [-0.3, -0.25) is 9.59 Å². The first-order valence-electron chi connectivity index (χ1n) is 9.06. The van der Waals surface area contributed by atoms with Gasteiger partial charge in [-0.05, 0) is 50.6 Å². The van der Waals surface area contributed by atoms with Crippen LogP contribution in [0.5, 0.6) is 11.5 Å². The van der Waals surface area contributed by atoms with E-state index in [2.05, 4.69) is 10.6 Å². The van der Waals surface area contributed by atoms with Gasteiger partial charge >= 0.3 is 0 Å². The number of carbonyl (C=O) groups excluding carboxylic acids is 2. The number of hydrogen-bond donors (Lipinski definition) is 2. The van der Waals surface area contributed by atoms with Crippen LogP contribution in [0.2, 0.25) is 0 Å². The summed E-state index contributed by atoms with van der Waals surface area (Å²) in [6.45, 7) is 6.62. The fraction of sp³-hybridized carbons (Fsp3) is 0.333. The molecule has 1 atom stereocenters. The number of rotatable bonds is 5. The number of amides is 2. The molecule has 6 nitrogen and oxygen atoms in total. The summed E-state index contributed by atoms with van der Waals surface area (Å²) >= 11 is 0. The van der Waals surface area contributed by atoms with Gasteiger partial charge in [0.05, 0.1) is 17.2 Å². The molecule has 27 heavy (non-hydrogen) atoms. The van der Waals surface area contributed by atoms with Crippen LogP contribution in [0.25, 0.3) is 0 Å². The van der Waals surface area contributed by atoms with Crippen molar-refractivity contribution in [3.05, 3.63) is 53.6 Å². The summed E-state index contributed by atoms with van der Waals surface area (Å²) < 4.78 is 11.1. The highest BCUT2D eigenvalue weighted by atomic mass is 16.6. The minimum Gasteiger partial charge on any atom is -0.486 e. The van der Waals surface area contributed by atoms with Crippen LogP contribution >= 0.6 is 0 Å². The maximum absolute atomic E-state index is 12.8. The number of fused-ring (bicyclic) bond motifs is 1. The second kappa shape index (κ2) is 8.12. The molecule has 0 aliphatic carbocycles. The Morgan fingerprint density at radius 2 is 1.67 bits per heavy atom. The van der Waals surface area contributed by atoms with Crippen molar-refractivity contribution in [2.24, 2.45) is 0 Å². The minimum absolute atomic E-state index is 0.0119. The van der Waals surface area contributed by atoms with Gasteiger partial charge in [-0.1, -0.05) is 18.2 Å². The second-order valence-corrected chi connectivity index (χ2v) is 6.79. The van der Waals surface area contributed by atoms with E-state index < -0.39 is 5.92 Å². The standard InChI is InChI=1S/C21H24N2O4/c1-13(2)22-21(25)16-6-4-5-7-17(16)23-20(24)14(3)15-8-9-18-19(12-15)27-11-10-26-18/h4-9,12-14H,10-11H2,1-3H3,(H,22,25)(H,23,24). The van der Waals surface area contributed by atoms with E-state index in [1.165, 1.54) is 0 Å². The summed E-state index contributed by atoms with van der Waals surface area (Å²) in [5, 5.41) is 5.72. The molecule has 0 saturated carbocycles. The topological polar surface area (TPSA) is 76.7 Å². The highest BCUT2D eigenvalue weighted by Gasteiger charge is 2.21. The molecule has 1 aliphatic rings. The molecule has 2 N–H and O–H groups in total. The van der Waals surface area contributed by atoms with Crippen LogP contribution in [0.15, 0.2) is 42.5 Å². The van der Waals surface area contributed by atoms with Gasteiger partial charge < -0.3 is 20.1 Å². The monoisotopic (exact) mass is 368 g/mol. The van der Waals surface area contributed by atoms with Crippen LogP contribution in [-0.2, 0) is 4.79 Å². The third-order valence-electron chi connectivity index (χ3n) is 4.31. The van der Waals surface area contributed by atoms with Crippen molar-refractivity contribution in [1.82, 2.24) is 5.32 Å². The molecular formula is C21H24N2O4. The van der Waals surface area contributed by atoms with Gasteiger partial charge in [0.15, 0.2) is 11.5 Å². The lowest BCUT2D eigenvalue weighted by atomic mass is 9.99. The molecule has 0 saturated heterocycles. The van der Waals surface area contributed by atoms with Crippen LogP contribution in [0.1, 0.15) is 42.6 Å². The third kappa shape index (κ3) is 4.39. The number of ether oxygens (including phenoxy) is 2. The molecule has 2 aromatic carbocycles. The molecular weight excluding hydrogens is 344 g/mol. The largest absolute Gasteiger partial charge is 0.486 e. The van der Waals surface area contributed by atoms with E-state index in [-0.39, 0.29) is 17.9 Å². The Morgan fingerprint density at radius 3 is 2.41 bits per heavy atom. The Kier molecular flexibility index (Phi) is 5.64. The first-order valence-corrected chi connectivity index (χ1v) is 9.06. The zero-order valence-electron chi connectivity index (χ0n) is 15.7. The third-order valence-corrected chi connectivity index (χ3v) is 4.31. The van der Waals surface area contributed by atoms with Crippen molar-refractivity contribution in [3.63, 3.8) is 0 Å². The van der Waals surface area contributed by atoms with Gasteiger partial charge in [-0.2, -0.15) is 0 Å². The Balaban J connectivity index is 1.76. The van der Waals surface area contributed by atoms with Gasteiger partial charge in [-0.15, -0.1) is 0 Å². The van der Waals surface area contributed by atoms with E-state index in [9.17, 15) is 9.59 Å². The predicted molar refractivity (Wildman–Crippen MR) is 104 cm³/mol. The first-order chi connectivity index (χ1) is 13.0. The molecule has 1 unspecified atom stereocenters. The van der Waals surface area contributed by atoms with E-state index in [4.69, 9.17) is 9.47 Å². The molecule has 142 valence electrons. The van der Waals surface area contributed by atoms with Crippen LogP contribution in [-0.4, -0.2) is 31.1 Å². The van der Waals surface area contributed by atoms with Gasteiger partial charge in [0.1, 0.15) is 13.2 Å². The van der Waals surface area contributed by atoms with Crippen LogP contribution in [0, 0.1) is 0 Å². The van der Waals surface area contributed by atoms with Gasteiger partial charge in [0.25, 0.3) is 5.91 Å². The molecule has 0 bridgehead atoms. The Bertz CT molecular complexity index is 848. The van der Waals surface area contributed by atoms with Crippen molar-refractivity contribution >= 4 is 17.5 Å². The molecule has 0 radical (unpaired) electrons. The van der Waals surface area contributed by atoms with Crippen molar-refractivity contribution in [1.29, 1.82) is 0 Å². The highest BCUT2D eigenvalue weighted by Crippen LogP contribution is 2.33. The Hall–Kier alpha value is -3.02. The number of anilines is 1. The maximum atomic E-state index is 12.8. The molecule has 2 amide bonds. The molecule has 0 spiro atoms. The molecule has 0 aromatic heterocycles. The van der Waals surface area contributed by atoms with Gasteiger partial charge in [0.2, 0.25) is 5.91 Å². The molecule has 0 fully saturated rings. The van der Waals surface area contributed by atoms with Crippen LogP contribution in [0.4, 0.5) is 5.69 Å². The number of benzene rings is 2. The summed E-state index contributed by atoms with van der Waals surface area (Å²) in [6, 6.07) is 12.5. The summed E-state index contributed by atoms with van der Waals surface area (Å²) in [7, 11) is 0. The van der Waals surface area contributed by atoms with Gasteiger partial charge in [-0.25, -0.2) is 0 Å². The number of hydrogen-bond acceptors (Lipinski definition) is 4. The van der Waals surface area contributed by atoms with Crippen molar-refractivity contribution in [3.8, 4) is 11.5 Å². The van der Waals surface area contributed by atoms with E-state index in [1.54, 1.807) is 24.3 Å². The Labute approximate surface area is 158 Å². The average molecular weight is 368 g/mol. The van der Waals surface area contributed by atoms with Crippen molar-refractivity contribution < 1.29 is 19.1 Å². The Morgan fingerprint density at radius 1 is 0.963 bits per heavy atom. The smallest absolute Gasteiger partial charge is 0.253 e. The number of para-hydroxylation sites is 1. The fourth-order valence-corrected chi connectivity index (χ4v) is 2.85. The number of nitrogens with one attached hydrogen (secondary N) is 2. The summed E-state index contributed by atoms with van der Waals surface area (Å²) in [5.41, 5.74) is 1.75. The van der Waals surface area contributed by atoms with Crippen LogP contribution in [0.3, 0.4) is 0 Å². The summed E-state index contributed by atoms with van der Waals surface area (Å²) in [6.07, 6.45) is 0. The van der Waals surface area contributed by atoms with Crippen molar-refractivity contribution in [2.45, 2.75) is 32.7 Å². The van der Waals surface area contributed by atoms with E-state index in [0.717, 1.165) is 5.56 Å². The quantitative estimate of drug-likeness (QED) is 0.849. The van der Waals surface area contributed by atoms with E-state index >= 15 is 0 Å². The SMILES string of the molecule is CC(C)NC(=O)c1ccccc1NC(=O)C(C)c1ccc2c(c1)OCCO2. The zero-order chi connectivity index (χ0) is 19.4. The molecule has 6 heteroatoms. The molecule has 1 aliphatic heterocycles. The van der Waals surface area contributed by atoms with Gasteiger partial charge in [0, 0.05) is 6.04 Å². The average Bonchev–Trinajstić information content (AvgIpc) is 2.66. The summed E-state index contributed by atoms with van der Waals surface area (Å²) in [5.74, 6) is 0.509. The van der Waals surface area contributed by atoms with E-state index in [1.807, 2.05) is 39.0 Å². The first kappa shape index (κ1) is 18.8. The normalized spacial score (nSPS) is 13.8. The zero-order valence-corrected chi connectivity index (χ0v) is 15.7. The molecule has 1 heterocycles. The lowest BCUT2D eigenvalue weighted by molar-refractivity contribution is -0.117. The molecule has 2 aromatic rings. The van der Waals surface area contributed by atoms with Crippen molar-refractivity contribution in [2.75, 3.05) is 18.5 Å². The minimum atomic E-state index is -0.415. The highest BCUT2D eigenvalue weighted by molar-refractivity contribution is 6.05. The number of carbonyl (C=O) groups is 2. The second-order valence-electron chi connectivity index (χ2n) is 6.79. The van der Waals surface area contributed by atoms with E-state index in [0.29, 0.717) is 36.0 Å². The predicted octanol–water partition coefficient (Wildman–Crippen LogP) is 3.34. The fourth-order valence-electron chi connectivity index (χ4n) is 2.85.